The summed E-state index contributed by atoms with van der Waals surface area (Å²) in [5, 5.41) is 0. The summed E-state index contributed by atoms with van der Waals surface area (Å²) in [7, 11) is -3.90. The zero-order chi connectivity index (χ0) is 22.5. The van der Waals surface area contributed by atoms with Gasteiger partial charge in [-0.1, -0.05) is 36.4 Å². The molecule has 1 saturated carbocycles. The normalized spacial score (nSPS) is 14.0. The number of hydrogen-bond acceptors (Lipinski definition) is 4. The summed E-state index contributed by atoms with van der Waals surface area (Å²) < 4.78 is 42.8. The summed E-state index contributed by atoms with van der Waals surface area (Å²) in [6.07, 6.45) is 1.86. The molecule has 32 heavy (non-hydrogen) atoms. The first-order valence-electron chi connectivity index (χ1n) is 10.2. The van der Waals surface area contributed by atoms with E-state index in [9.17, 15) is 17.6 Å². The Morgan fingerprint density at radius 2 is 1.72 bits per heavy atom. The average molecular weight is 450 g/mol. The first-order chi connectivity index (χ1) is 15.4. The molecule has 1 aliphatic carbocycles. The Morgan fingerprint density at radius 1 is 1.03 bits per heavy atom. The van der Waals surface area contributed by atoms with Crippen molar-refractivity contribution in [3.63, 3.8) is 0 Å². The lowest BCUT2D eigenvalue weighted by atomic mass is 10.1. The van der Waals surface area contributed by atoms with Crippen molar-refractivity contribution in [1.82, 2.24) is 9.55 Å². The number of sulfone groups is 1. The van der Waals surface area contributed by atoms with Crippen molar-refractivity contribution in [2.45, 2.75) is 35.1 Å². The van der Waals surface area contributed by atoms with E-state index in [0.717, 1.165) is 12.8 Å². The molecule has 8 heteroatoms. The van der Waals surface area contributed by atoms with Gasteiger partial charge in [0.2, 0.25) is 9.84 Å². The van der Waals surface area contributed by atoms with Crippen molar-refractivity contribution in [3.05, 3.63) is 89.5 Å². The van der Waals surface area contributed by atoms with Gasteiger partial charge in [-0.3, -0.25) is 4.79 Å². The number of imidazole rings is 1. The van der Waals surface area contributed by atoms with Crippen LogP contribution in [-0.4, -0.2) is 23.9 Å². The highest BCUT2D eigenvalue weighted by Gasteiger charge is 2.32. The lowest BCUT2D eigenvalue weighted by Crippen LogP contribution is -2.13. The van der Waals surface area contributed by atoms with Gasteiger partial charge in [-0.25, -0.2) is 17.8 Å². The number of amides is 1. The van der Waals surface area contributed by atoms with E-state index in [2.05, 4.69) is 4.98 Å². The Morgan fingerprint density at radius 3 is 2.38 bits per heavy atom. The third-order valence-electron chi connectivity index (χ3n) is 5.72. The van der Waals surface area contributed by atoms with Crippen LogP contribution in [0.3, 0.4) is 0 Å². The van der Waals surface area contributed by atoms with Gasteiger partial charge in [0, 0.05) is 11.5 Å². The lowest BCUT2D eigenvalue weighted by Gasteiger charge is -2.12. The van der Waals surface area contributed by atoms with Gasteiger partial charge in [-0.2, -0.15) is 0 Å². The van der Waals surface area contributed by atoms with Crippen LogP contribution in [-0.2, 0) is 16.4 Å². The number of aromatic nitrogens is 2. The van der Waals surface area contributed by atoms with Crippen LogP contribution in [0.1, 0.15) is 40.5 Å². The van der Waals surface area contributed by atoms with Gasteiger partial charge in [0.1, 0.15) is 17.2 Å². The van der Waals surface area contributed by atoms with Crippen molar-refractivity contribution in [3.8, 4) is 0 Å². The highest BCUT2D eigenvalue weighted by molar-refractivity contribution is 7.91. The summed E-state index contributed by atoms with van der Waals surface area (Å²) in [4.78, 5) is 17.0. The number of nitrogens with zero attached hydrogens (tertiary/aromatic N) is 2. The van der Waals surface area contributed by atoms with E-state index < -0.39 is 15.7 Å². The maximum atomic E-state index is 14.4. The molecule has 0 bridgehead atoms. The predicted molar refractivity (Wildman–Crippen MR) is 118 cm³/mol. The largest absolute Gasteiger partial charge is 0.366 e. The molecule has 4 aromatic rings. The van der Waals surface area contributed by atoms with Crippen LogP contribution in [0.25, 0.3) is 11.0 Å². The molecule has 1 aromatic heterocycles. The van der Waals surface area contributed by atoms with E-state index in [1.165, 1.54) is 30.3 Å². The van der Waals surface area contributed by atoms with Crippen LogP contribution in [0, 0.1) is 5.82 Å². The predicted octanol–water partition coefficient (Wildman–Crippen LogP) is 4.03. The molecule has 1 fully saturated rings. The third kappa shape index (κ3) is 3.46. The van der Waals surface area contributed by atoms with Crippen LogP contribution in [0.15, 0.2) is 76.5 Å². The van der Waals surface area contributed by atoms with E-state index in [4.69, 9.17) is 5.73 Å². The molecule has 1 aliphatic rings. The maximum Gasteiger partial charge on any atom is 0.251 e. The number of benzene rings is 3. The van der Waals surface area contributed by atoms with Gasteiger partial charge in [0.25, 0.3) is 5.91 Å². The van der Waals surface area contributed by atoms with Gasteiger partial charge in [-0.15, -0.1) is 0 Å². The van der Waals surface area contributed by atoms with Crippen molar-refractivity contribution in [2.75, 3.05) is 0 Å². The zero-order valence-corrected chi connectivity index (χ0v) is 17.8. The lowest BCUT2D eigenvalue weighted by molar-refractivity contribution is 0.100. The van der Waals surface area contributed by atoms with E-state index in [1.807, 2.05) is 4.57 Å². The average Bonchev–Trinajstić information content (AvgIpc) is 3.57. The smallest absolute Gasteiger partial charge is 0.251 e. The molecule has 0 aliphatic heterocycles. The fraction of sp³-hybridized carbons (Fsp3) is 0.167. The van der Waals surface area contributed by atoms with Crippen LogP contribution in [0.2, 0.25) is 0 Å². The third-order valence-corrected chi connectivity index (χ3v) is 7.46. The number of fused-ring (bicyclic) bond motifs is 1. The van der Waals surface area contributed by atoms with Gasteiger partial charge in [-0.05, 0) is 43.2 Å². The molecule has 3 aromatic carbocycles. The molecule has 0 spiro atoms. The van der Waals surface area contributed by atoms with Crippen LogP contribution < -0.4 is 5.73 Å². The zero-order valence-electron chi connectivity index (χ0n) is 17.0. The minimum Gasteiger partial charge on any atom is -0.366 e. The number of nitrogens with two attached hydrogens (primary N) is 1. The minimum atomic E-state index is -3.90. The fourth-order valence-corrected chi connectivity index (χ4v) is 5.24. The molecular formula is C24H20FN3O3S. The molecule has 5 rings (SSSR count). The van der Waals surface area contributed by atoms with Crippen molar-refractivity contribution in [2.24, 2.45) is 5.73 Å². The fourth-order valence-electron chi connectivity index (χ4n) is 3.91. The van der Waals surface area contributed by atoms with E-state index >= 15 is 0 Å². The van der Waals surface area contributed by atoms with E-state index in [0.29, 0.717) is 22.4 Å². The van der Waals surface area contributed by atoms with Gasteiger partial charge in [0.15, 0.2) is 0 Å². The highest BCUT2D eigenvalue weighted by atomic mass is 32.2. The SMILES string of the molecule is NC(=O)c1cc(S(=O)(=O)c2ccccc2)cc2c1nc(C1CC1)n2Cc1ccccc1F. The molecule has 0 unspecified atom stereocenters. The standard InChI is InChI=1S/C24H20FN3O3S/c25-20-9-5-4-6-16(20)14-28-21-13-18(32(30,31)17-7-2-1-3-8-17)12-19(23(26)29)22(21)27-24(28)15-10-11-15/h1-9,12-13,15H,10-11,14H2,(H2,26,29). The first-order valence-corrected chi connectivity index (χ1v) is 11.7. The molecule has 1 amide bonds. The number of carbonyl (C=O) groups excluding carboxylic acids is 1. The molecule has 2 N–H and O–H groups in total. The van der Waals surface area contributed by atoms with Crippen molar-refractivity contribution >= 4 is 26.8 Å². The Labute approximate surface area is 184 Å². The van der Waals surface area contributed by atoms with E-state index in [1.54, 1.807) is 36.4 Å². The molecule has 0 radical (unpaired) electrons. The summed E-state index contributed by atoms with van der Waals surface area (Å²) in [6.45, 7) is 0.169. The van der Waals surface area contributed by atoms with Crippen molar-refractivity contribution in [1.29, 1.82) is 0 Å². The number of carbonyl (C=O) groups is 1. The van der Waals surface area contributed by atoms with Gasteiger partial charge >= 0.3 is 0 Å². The Balaban J connectivity index is 1.77. The second-order valence-electron chi connectivity index (χ2n) is 7.94. The number of hydrogen-bond donors (Lipinski definition) is 1. The van der Waals surface area contributed by atoms with E-state index in [-0.39, 0.29) is 33.6 Å². The topological polar surface area (TPSA) is 95.1 Å². The van der Waals surface area contributed by atoms with Crippen LogP contribution >= 0.6 is 0 Å². The number of primary amides is 1. The molecule has 1 heterocycles. The van der Waals surface area contributed by atoms with Gasteiger partial charge in [0.05, 0.1) is 27.4 Å². The summed E-state index contributed by atoms with van der Waals surface area (Å²) in [5.41, 5.74) is 6.88. The molecular weight excluding hydrogens is 429 g/mol. The Kier molecular flexibility index (Phi) is 4.82. The monoisotopic (exact) mass is 449 g/mol. The Bertz CT molecular complexity index is 1460. The second-order valence-corrected chi connectivity index (χ2v) is 9.89. The van der Waals surface area contributed by atoms with Crippen LogP contribution in [0.4, 0.5) is 4.39 Å². The summed E-state index contributed by atoms with van der Waals surface area (Å²) in [5.74, 6) is -0.235. The molecule has 6 nitrogen and oxygen atoms in total. The maximum absolute atomic E-state index is 14.4. The number of halogens is 1. The van der Waals surface area contributed by atoms with Crippen LogP contribution in [0.5, 0.6) is 0 Å². The Hall–Kier alpha value is -3.52. The number of rotatable bonds is 6. The highest BCUT2D eigenvalue weighted by Crippen LogP contribution is 2.42. The first kappa shape index (κ1) is 20.4. The summed E-state index contributed by atoms with van der Waals surface area (Å²) >= 11 is 0. The molecule has 0 saturated heterocycles. The van der Waals surface area contributed by atoms with Crippen molar-refractivity contribution < 1.29 is 17.6 Å². The minimum absolute atomic E-state index is 0.0335. The molecule has 0 atom stereocenters. The second kappa shape index (κ2) is 7.56. The quantitative estimate of drug-likeness (QED) is 0.481. The van der Waals surface area contributed by atoms with Gasteiger partial charge < -0.3 is 10.3 Å². The molecule has 162 valence electrons. The summed E-state index contributed by atoms with van der Waals surface area (Å²) in [6, 6.07) is 17.2.